The molecular formula is C25H27N3O3S. The summed E-state index contributed by atoms with van der Waals surface area (Å²) < 4.78 is 11.3. The van der Waals surface area contributed by atoms with Crippen LogP contribution >= 0.6 is 11.3 Å². The molecule has 0 atom stereocenters. The van der Waals surface area contributed by atoms with Crippen LogP contribution in [-0.4, -0.2) is 23.2 Å². The zero-order valence-electron chi connectivity index (χ0n) is 18.1. The fourth-order valence-corrected chi connectivity index (χ4v) is 4.68. The van der Waals surface area contributed by atoms with Crippen molar-refractivity contribution in [2.45, 2.75) is 44.6 Å². The molecule has 32 heavy (non-hydrogen) atoms. The highest BCUT2D eigenvalue weighted by Gasteiger charge is 2.20. The largest absolute Gasteiger partial charge is 0.493 e. The number of ether oxygens (including phenoxy) is 2. The Bertz CT molecular complexity index is 1060. The van der Waals surface area contributed by atoms with Crippen molar-refractivity contribution >= 4 is 28.5 Å². The zero-order chi connectivity index (χ0) is 22.2. The van der Waals surface area contributed by atoms with Gasteiger partial charge in [0.1, 0.15) is 11.6 Å². The van der Waals surface area contributed by atoms with Crippen molar-refractivity contribution in [3.8, 4) is 11.5 Å². The third kappa shape index (κ3) is 5.95. The van der Waals surface area contributed by atoms with E-state index in [1.54, 1.807) is 13.2 Å². The molecule has 0 saturated heterocycles. The van der Waals surface area contributed by atoms with Crippen LogP contribution in [-0.2, 0) is 11.4 Å². The number of carbonyl (C=O) groups excluding carboxylic acids is 1. The van der Waals surface area contributed by atoms with Crippen molar-refractivity contribution < 1.29 is 14.3 Å². The topological polar surface area (TPSA) is 73.3 Å². The summed E-state index contributed by atoms with van der Waals surface area (Å²) in [6, 6.07) is 15.5. The number of hydrogen-bond donors (Lipinski definition) is 1. The van der Waals surface area contributed by atoms with E-state index >= 15 is 0 Å². The Morgan fingerprint density at radius 1 is 1.09 bits per heavy atom. The van der Waals surface area contributed by atoms with Gasteiger partial charge in [-0.15, -0.1) is 10.2 Å². The van der Waals surface area contributed by atoms with E-state index in [1.165, 1.54) is 36.7 Å². The molecule has 1 fully saturated rings. The minimum atomic E-state index is -0.236. The quantitative estimate of drug-likeness (QED) is 0.438. The minimum Gasteiger partial charge on any atom is -0.493 e. The van der Waals surface area contributed by atoms with Crippen LogP contribution in [0.2, 0.25) is 0 Å². The molecule has 0 bridgehead atoms. The minimum absolute atomic E-state index is 0.236. The van der Waals surface area contributed by atoms with E-state index in [4.69, 9.17) is 9.47 Å². The number of rotatable bonds is 8. The van der Waals surface area contributed by atoms with Gasteiger partial charge in [-0.05, 0) is 42.2 Å². The Morgan fingerprint density at radius 3 is 2.69 bits per heavy atom. The van der Waals surface area contributed by atoms with Crippen molar-refractivity contribution in [2.24, 2.45) is 0 Å². The van der Waals surface area contributed by atoms with Gasteiger partial charge in [-0.3, -0.25) is 10.1 Å². The zero-order valence-corrected chi connectivity index (χ0v) is 18.9. The molecule has 6 nitrogen and oxygen atoms in total. The van der Waals surface area contributed by atoms with Crippen LogP contribution in [0.1, 0.15) is 54.2 Å². The molecular weight excluding hydrogens is 422 g/mol. The number of methoxy groups -OCH3 is 1. The van der Waals surface area contributed by atoms with Crippen LogP contribution in [0, 0.1) is 0 Å². The molecule has 1 heterocycles. The average molecular weight is 450 g/mol. The highest BCUT2D eigenvalue weighted by Crippen LogP contribution is 2.35. The maximum Gasteiger partial charge on any atom is 0.250 e. The van der Waals surface area contributed by atoms with Crippen molar-refractivity contribution in [3.05, 3.63) is 70.7 Å². The lowest BCUT2D eigenvalue weighted by molar-refractivity contribution is -0.111. The van der Waals surface area contributed by atoms with Crippen LogP contribution < -0.4 is 14.8 Å². The van der Waals surface area contributed by atoms with Gasteiger partial charge in [-0.25, -0.2) is 0 Å². The molecule has 0 spiro atoms. The van der Waals surface area contributed by atoms with Gasteiger partial charge in [0.2, 0.25) is 11.0 Å². The van der Waals surface area contributed by atoms with E-state index in [2.05, 4.69) is 15.5 Å². The van der Waals surface area contributed by atoms with Gasteiger partial charge >= 0.3 is 0 Å². The van der Waals surface area contributed by atoms with E-state index < -0.39 is 0 Å². The summed E-state index contributed by atoms with van der Waals surface area (Å²) in [6.07, 6.45) is 9.34. The molecule has 4 rings (SSSR count). The summed E-state index contributed by atoms with van der Waals surface area (Å²) in [5, 5.41) is 12.8. The van der Waals surface area contributed by atoms with Crippen LogP contribution in [0.5, 0.6) is 11.5 Å². The first-order valence-electron chi connectivity index (χ1n) is 10.9. The molecule has 1 aliphatic carbocycles. The predicted molar refractivity (Wildman–Crippen MR) is 127 cm³/mol. The fraction of sp³-hybridized carbons (Fsp3) is 0.320. The molecule has 1 saturated carbocycles. The van der Waals surface area contributed by atoms with Crippen LogP contribution in [0.15, 0.2) is 54.6 Å². The summed E-state index contributed by atoms with van der Waals surface area (Å²) >= 11 is 1.48. The summed E-state index contributed by atoms with van der Waals surface area (Å²) in [5.74, 6) is 1.52. The van der Waals surface area contributed by atoms with Crippen LogP contribution in [0.3, 0.4) is 0 Å². The number of nitrogens with one attached hydrogen (secondary N) is 1. The number of amides is 1. The third-order valence-electron chi connectivity index (χ3n) is 5.48. The first-order valence-corrected chi connectivity index (χ1v) is 11.7. The van der Waals surface area contributed by atoms with Gasteiger partial charge < -0.3 is 9.47 Å². The van der Waals surface area contributed by atoms with Gasteiger partial charge in [-0.2, -0.15) is 0 Å². The number of nitrogens with zero attached hydrogens (tertiary/aromatic N) is 2. The van der Waals surface area contributed by atoms with Crippen molar-refractivity contribution in [2.75, 3.05) is 12.4 Å². The fourth-order valence-electron chi connectivity index (χ4n) is 3.76. The Hall–Kier alpha value is -3.19. The number of hydrogen-bond acceptors (Lipinski definition) is 6. The second kappa shape index (κ2) is 10.9. The Morgan fingerprint density at radius 2 is 1.91 bits per heavy atom. The lowest BCUT2D eigenvalue weighted by Crippen LogP contribution is -2.07. The van der Waals surface area contributed by atoms with Crippen molar-refractivity contribution in [1.29, 1.82) is 0 Å². The highest BCUT2D eigenvalue weighted by molar-refractivity contribution is 7.15. The second-order valence-electron chi connectivity index (χ2n) is 7.79. The van der Waals surface area contributed by atoms with Gasteiger partial charge in [0.05, 0.1) is 7.11 Å². The van der Waals surface area contributed by atoms with E-state index in [0.29, 0.717) is 29.2 Å². The first kappa shape index (κ1) is 22.0. The second-order valence-corrected chi connectivity index (χ2v) is 8.80. The predicted octanol–water partition coefficient (Wildman–Crippen LogP) is 5.83. The first-order chi connectivity index (χ1) is 15.7. The summed E-state index contributed by atoms with van der Waals surface area (Å²) in [7, 11) is 1.60. The van der Waals surface area contributed by atoms with Crippen molar-refractivity contribution in [3.63, 3.8) is 0 Å². The number of carbonyl (C=O) groups is 1. The molecule has 7 heteroatoms. The smallest absolute Gasteiger partial charge is 0.250 e. The Balaban J connectivity index is 1.34. The SMILES string of the molecule is COc1cc(C=CC(=O)Nc2nnc(C3CCCCC3)s2)ccc1OCc1ccccc1. The maximum absolute atomic E-state index is 12.3. The van der Waals surface area contributed by atoms with E-state index in [-0.39, 0.29) is 5.91 Å². The maximum atomic E-state index is 12.3. The highest BCUT2D eigenvalue weighted by atomic mass is 32.1. The lowest BCUT2D eigenvalue weighted by Gasteiger charge is -2.18. The average Bonchev–Trinajstić information content (AvgIpc) is 3.31. The number of aromatic nitrogens is 2. The monoisotopic (exact) mass is 449 g/mol. The van der Waals surface area contributed by atoms with E-state index in [9.17, 15) is 4.79 Å². The Kier molecular flexibility index (Phi) is 7.51. The molecule has 1 aromatic heterocycles. The van der Waals surface area contributed by atoms with Gasteiger partial charge in [0.25, 0.3) is 0 Å². The molecule has 1 amide bonds. The molecule has 1 N–H and O–H groups in total. The van der Waals surface area contributed by atoms with Crippen molar-refractivity contribution in [1.82, 2.24) is 10.2 Å². The molecule has 166 valence electrons. The van der Waals surface area contributed by atoms with E-state index in [0.717, 1.165) is 29.0 Å². The number of benzene rings is 2. The van der Waals surface area contributed by atoms with E-state index in [1.807, 2.05) is 48.5 Å². The normalized spacial score (nSPS) is 14.4. The van der Waals surface area contributed by atoms with Gasteiger partial charge in [0.15, 0.2) is 11.5 Å². The molecule has 3 aromatic rings. The molecule has 0 radical (unpaired) electrons. The Labute approximate surface area is 192 Å². The summed E-state index contributed by atoms with van der Waals surface area (Å²) in [4.78, 5) is 12.3. The van der Waals surface area contributed by atoms with Crippen LogP contribution in [0.4, 0.5) is 5.13 Å². The van der Waals surface area contributed by atoms with Gasteiger partial charge in [0, 0.05) is 12.0 Å². The molecule has 0 aliphatic heterocycles. The third-order valence-corrected chi connectivity index (χ3v) is 6.48. The molecule has 0 unspecified atom stereocenters. The lowest BCUT2D eigenvalue weighted by atomic mass is 9.90. The summed E-state index contributed by atoms with van der Waals surface area (Å²) in [5.41, 5.74) is 1.92. The standard InChI is InChI=1S/C25H27N3O3S/c1-30-22-16-18(12-14-21(22)31-17-19-8-4-2-5-9-19)13-15-23(29)26-25-28-27-24(32-25)20-10-6-3-7-11-20/h2,4-5,8-9,12-16,20H,3,6-7,10-11,17H2,1H3,(H,26,28,29). The molecule has 2 aromatic carbocycles. The molecule has 1 aliphatic rings. The summed E-state index contributed by atoms with van der Waals surface area (Å²) in [6.45, 7) is 0.458. The van der Waals surface area contributed by atoms with Crippen LogP contribution in [0.25, 0.3) is 6.08 Å². The van der Waals surface area contributed by atoms with Gasteiger partial charge in [-0.1, -0.05) is 67.0 Å². The number of anilines is 1.